The minimum atomic E-state index is 0.487. The zero-order valence-electron chi connectivity index (χ0n) is 24.9. The van der Waals surface area contributed by atoms with E-state index in [0.717, 1.165) is 39.1 Å². The number of para-hydroxylation sites is 2. The average molecular weight is 601 g/mol. The van der Waals surface area contributed by atoms with Crippen LogP contribution in [0.5, 0.6) is 0 Å². The molecule has 0 aliphatic rings. The predicted octanol–water partition coefficient (Wildman–Crippen LogP) is 6.10. The van der Waals surface area contributed by atoms with E-state index in [4.69, 9.17) is 29.9 Å². The molecule has 3 aromatic carbocycles. The molecule has 0 unspecified atom stereocenters. The summed E-state index contributed by atoms with van der Waals surface area (Å²) in [7, 11) is 0. The van der Waals surface area contributed by atoms with Crippen LogP contribution in [0.25, 0.3) is 73.2 Å². The van der Waals surface area contributed by atoms with E-state index in [2.05, 4.69) is 9.97 Å². The molecule has 8 bridgehead atoms. The number of aromatic amines is 2. The van der Waals surface area contributed by atoms with Gasteiger partial charge in [-0.1, -0.05) is 66.7 Å². The molecule has 0 aliphatic heterocycles. The first-order chi connectivity index (χ1) is 22.6. The fourth-order valence-corrected chi connectivity index (χ4v) is 6.03. The molecule has 0 atom stereocenters. The van der Waals surface area contributed by atoms with E-state index in [1.807, 2.05) is 137 Å². The van der Waals surface area contributed by atoms with Gasteiger partial charge >= 0.3 is 5.78 Å². The van der Waals surface area contributed by atoms with E-state index >= 15 is 0 Å². The van der Waals surface area contributed by atoms with Crippen molar-refractivity contribution in [2.45, 2.75) is 13.8 Å². The Morgan fingerprint density at radius 2 is 1.02 bits per heavy atom. The lowest BCUT2D eigenvalue weighted by Gasteiger charge is -2.04. The molecule has 9 rings (SSSR count). The van der Waals surface area contributed by atoms with Crippen LogP contribution in [0.3, 0.4) is 0 Å². The normalized spacial score (nSPS) is 11.7. The van der Waals surface area contributed by atoms with Crippen molar-refractivity contribution in [2.75, 3.05) is 0 Å². The summed E-state index contributed by atoms with van der Waals surface area (Å²) in [6.45, 7) is 4.01. The van der Waals surface area contributed by atoms with Crippen molar-refractivity contribution in [1.82, 2.24) is 49.0 Å². The number of aryl methyl sites for hydroxylation is 2. The number of nitrogens with zero attached hydrogens (tertiary/aromatic N) is 9. The van der Waals surface area contributed by atoms with Crippen LogP contribution in [0.15, 0.2) is 109 Å². The van der Waals surface area contributed by atoms with Crippen LogP contribution in [-0.2, 0) is 0 Å². The number of nitrogens with one attached hydrogen (secondary N) is 2. The number of benzene rings is 3. The molecule has 0 saturated carbocycles. The van der Waals surface area contributed by atoms with Crippen LogP contribution in [0.2, 0.25) is 0 Å². The van der Waals surface area contributed by atoms with E-state index in [1.54, 1.807) is 0 Å². The summed E-state index contributed by atoms with van der Waals surface area (Å²) >= 11 is 0. The lowest BCUT2D eigenvalue weighted by molar-refractivity contribution is -0.483. The van der Waals surface area contributed by atoms with Gasteiger partial charge in [-0.05, 0) is 55.2 Å². The van der Waals surface area contributed by atoms with E-state index in [-0.39, 0.29) is 0 Å². The van der Waals surface area contributed by atoms with E-state index in [0.29, 0.717) is 45.6 Å². The van der Waals surface area contributed by atoms with Crippen LogP contribution in [0.4, 0.5) is 0 Å². The van der Waals surface area contributed by atoms with Crippen molar-refractivity contribution in [3.05, 3.63) is 121 Å². The van der Waals surface area contributed by atoms with Gasteiger partial charge in [0, 0.05) is 22.1 Å². The zero-order valence-corrected chi connectivity index (χ0v) is 24.9. The maximum absolute atomic E-state index is 5.10. The first-order valence-electron chi connectivity index (χ1n) is 14.9. The van der Waals surface area contributed by atoms with Crippen molar-refractivity contribution >= 4 is 61.9 Å². The average Bonchev–Trinajstić information content (AvgIpc) is 3.80. The highest BCUT2D eigenvalue weighted by molar-refractivity contribution is 6.04. The Labute approximate surface area is 260 Å². The van der Waals surface area contributed by atoms with Crippen LogP contribution >= 0.6 is 0 Å². The number of rotatable bonds is 2. The smallest absolute Gasteiger partial charge is 0.324 e. The molecule has 2 N–H and O–H groups in total. The number of hydrogen-bond donors (Lipinski definition) is 2. The van der Waals surface area contributed by atoms with Crippen molar-refractivity contribution in [3.63, 3.8) is 0 Å². The number of hydrogen-bond acceptors (Lipinski definition) is 6. The third kappa shape index (κ3) is 4.02. The van der Waals surface area contributed by atoms with Crippen molar-refractivity contribution < 1.29 is 4.40 Å². The van der Waals surface area contributed by atoms with Gasteiger partial charge < -0.3 is 4.98 Å². The predicted molar refractivity (Wildman–Crippen MR) is 177 cm³/mol. The fourth-order valence-electron chi connectivity index (χ4n) is 6.03. The quantitative estimate of drug-likeness (QED) is 0.231. The van der Waals surface area contributed by atoms with E-state index in [9.17, 15) is 0 Å². The second kappa shape index (κ2) is 10.0. The highest BCUT2D eigenvalue weighted by atomic mass is 15.2. The molecule has 0 spiro atoms. The monoisotopic (exact) mass is 600 g/mol. The van der Waals surface area contributed by atoms with Gasteiger partial charge in [-0.25, -0.2) is 9.97 Å². The van der Waals surface area contributed by atoms with Gasteiger partial charge in [-0.3, -0.25) is 9.13 Å². The Hall–Kier alpha value is -6.49. The summed E-state index contributed by atoms with van der Waals surface area (Å²) in [6, 6.07) is 34.1. The molecule has 0 fully saturated rings. The maximum Gasteiger partial charge on any atom is 0.405 e. The first-order valence-corrected chi connectivity index (χ1v) is 14.9. The highest BCUT2D eigenvalue weighted by Gasteiger charge is 2.18. The van der Waals surface area contributed by atoms with Crippen molar-refractivity contribution in [2.24, 2.45) is 0 Å². The molecule has 11 heteroatoms. The minimum absolute atomic E-state index is 0.487. The third-order valence-corrected chi connectivity index (χ3v) is 8.25. The number of aromatic nitrogens is 11. The number of imidazole rings is 3. The Morgan fingerprint density at radius 1 is 0.500 bits per heavy atom. The van der Waals surface area contributed by atoms with Gasteiger partial charge in [0.25, 0.3) is 5.65 Å². The summed E-state index contributed by atoms with van der Waals surface area (Å²) in [6.07, 6.45) is 1.95. The molecule has 220 valence electrons. The molecule has 0 radical (unpaired) electrons. The molecular formula is C35H26N11+. The lowest BCUT2D eigenvalue weighted by atomic mass is 10.2. The Bertz CT molecular complexity index is 2530. The molecule has 46 heavy (non-hydrogen) atoms. The highest BCUT2D eigenvalue weighted by Crippen LogP contribution is 2.25. The number of pyridine rings is 1. The minimum Gasteiger partial charge on any atom is -0.324 e. The molecule has 11 nitrogen and oxygen atoms in total. The second-order valence-corrected chi connectivity index (χ2v) is 11.1. The van der Waals surface area contributed by atoms with Gasteiger partial charge in [0.05, 0.1) is 17.6 Å². The topological polar surface area (TPSA) is 123 Å². The molecule has 6 heterocycles. The van der Waals surface area contributed by atoms with Gasteiger partial charge in [-0.15, -0.1) is 0 Å². The molecular weight excluding hydrogens is 574 g/mol. The summed E-state index contributed by atoms with van der Waals surface area (Å²) < 4.78 is 6.00. The molecule has 0 amide bonds. The molecule has 6 aromatic heterocycles. The van der Waals surface area contributed by atoms with Crippen LogP contribution in [0, 0.1) is 13.8 Å². The van der Waals surface area contributed by atoms with E-state index < -0.39 is 0 Å². The molecule has 0 aliphatic carbocycles. The molecule has 0 saturated heterocycles. The Balaban J connectivity index is 1.52. The van der Waals surface area contributed by atoms with Crippen LogP contribution in [-0.4, -0.2) is 49.0 Å². The summed E-state index contributed by atoms with van der Waals surface area (Å²) in [5, 5.41) is 1.85. The fraction of sp³-hybridized carbons (Fsp3) is 0.0571. The van der Waals surface area contributed by atoms with Crippen molar-refractivity contribution in [3.8, 4) is 11.4 Å². The van der Waals surface area contributed by atoms with Gasteiger partial charge in [-0.2, -0.15) is 24.3 Å². The maximum atomic E-state index is 5.10. The van der Waals surface area contributed by atoms with E-state index in [1.165, 1.54) is 0 Å². The lowest BCUT2D eigenvalue weighted by Crippen LogP contribution is -2.19. The number of fused-ring (bicyclic) bond motifs is 14. The number of H-pyrrole nitrogens is 2. The first kappa shape index (κ1) is 26.0. The van der Waals surface area contributed by atoms with Crippen LogP contribution in [0.1, 0.15) is 11.4 Å². The zero-order chi connectivity index (χ0) is 30.8. The SMILES string of the molecule is Cc1c2nc(nc3[nH]c(nc4nc(nc5[nH]c(n2)[n+]2ccccc52)n(-c2ccccc2)c4C)c2ccccc32)n1-c1ccccc1. The summed E-state index contributed by atoms with van der Waals surface area (Å²) in [5.41, 5.74) is 7.37. The third-order valence-electron chi connectivity index (χ3n) is 8.25. The van der Waals surface area contributed by atoms with Gasteiger partial charge in [0.1, 0.15) is 11.3 Å². The standard InChI is InChI=1S/C35H26N11/c1-21-28-36-30-25-17-9-10-18-26(25)31(37-30)41-34-40-29(22(2)46(34)24-15-7-4-8-16-24)38-33-42-32(27-19-11-12-20-44(27)33)43-35(39-28)45(21)23-13-5-3-6-14-23/h3-20H,1-2H3,(H2,36,37,38,39,40,41,42,43)/q+1. The van der Waals surface area contributed by atoms with Gasteiger partial charge in [0.2, 0.25) is 17.2 Å². The summed E-state index contributed by atoms with van der Waals surface area (Å²) in [5.74, 6) is 1.55. The van der Waals surface area contributed by atoms with Crippen molar-refractivity contribution in [1.29, 1.82) is 0 Å². The molecule has 9 aromatic rings. The summed E-state index contributed by atoms with van der Waals surface area (Å²) in [4.78, 5) is 37.2. The Morgan fingerprint density at radius 3 is 1.65 bits per heavy atom. The van der Waals surface area contributed by atoms with Crippen LogP contribution < -0.4 is 4.40 Å². The second-order valence-electron chi connectivity index (χ2n) is 11.1. The largest absolute Gasteiger partial charge is 0.405 e. The Kier molecular flexibility index (Phi) is 5.66. The van der Waals surface area contributed by atoms with Gasteiger partial charge in [0.15, 0.2) is 11.2 Å².